The Morgan fingerprint density at radius 3 is 2.04 bits per heavy atom. The Bertz CT molecular complexity index is 1400. The first kappa shape index (κ1) is 40.8. The number of fused-ring (bicyclic) bond motifs is 7. The molecule has 0 aliphatic heterocycles. The van der Waals surface area contributed by atoms with Crippen molar-refractivity contribution in [2.45, 2.75) is 165 Å². The molecule has 0 aromatic rings. The second-order valence-electron chi connectivity index (χ2n) is 20.2. The van der Waals surface area contributed by atoms with Gasteiger partial charge in [0.2, 0.25) is 11.8 Å². The zero-order valence-corrected chi connectivity index (χ0v) is 34.2. The van der Waals surface area contributed by atoms with Gasteiger partial charge in [0.05, 0.1) is 17.3 Å². The van der Waals surface area contributed by atoms with Gasteiger partial charge in [0.15, 0.2) is 0 Å². The highest BCUT2D eigenvalue weighted by Gasteiger charge is 2.72. The van der Waals surface area contributed by atoms with Crippen LogP contribution in [0.4, 0.5) is 0 Å². The maximum atomic E-state index is 14.4. The number of esters is 1. The molecule has 10 atom stereocenters. The number of rotatable bonds is 13. The van der Waals surface area contributed by atoms with Crippen LogP contribution in [0, 0.1) is 62.1 Å². The molecule has 0 aromatic heterocycles. The summed E-state index contributed by atoms with van der Waals surface area (Å²) in [6, 6.07) is 0. The molecule has 8 nitrogen and oxygen atoms in total. The van der Waals surface area contributed by atoms with Crippen molar-refractivity contribution in [3.63, 3.8) is 0 Å². The van der Waals surface area contributed by atoms with Gasteiger partial charge in [0, 0.05) is 25.4 Å². The topological polar surface area (TPSA) is 122 Å². The molecular weight excluding hydrogens is 652 g/mol. The molecule has 0 bridgehead atoms. The number of carbonyl (C=O) groups is 4. The monoisotopic (exact) mass is 725 g/mol. The number of allylic oxidation sites excluding steroid dienone is 1. The van der Waals surface area contributed by atoms with Crippen molar-refractivity contribution in [3.8, 4) is 0 Å². The van der Waals surface area contributed by atoms with Crippen molar-refractivity contribution in [1.29, 1.82) is 0 Å². The van der Waals surface area contributed by atoms with E-state index in [1.165, 1.54) is 12.0 Å². The first-order valence-electron chi connectivity index (χ1n) is 20.8. The Balaban J connectivity index is 1.31. The van der Waals surface area contributed by atoms with Crippen LogP contribution in [0.2, 0.25) is 0 Å². The fourth-order valence-corrected chi connectivity index (χ4v) is 13.6. The summed E-state index contributed by atoms with van der Waals surface area (Å²) in [5.74, 6) is 1.07. The maximum Gasteiger partial charge on any atom is 0.309 e. The smallest absolute Gasteiger partial charge is 0.309 e. The molecule has 5 fully saturated rings. The summed E-state index contributed by atoms with van der Waals surface area (Å²) in [4.78, 5) is 50.3. The van der Waals surface area contributed by atoms with Gasteiger partial charge in [-0.2, -0.15) is 0 Å². The van der Waals surface area contributed by atoms with Crippen molar-refractivity contribution in [2.24, 2.45) is 62.1 Å². The lowest BCUT2D eigenvalue weighted by Gasteiger charge is -2.72. The summed E-state index contributed by atoms with van der Waals surface area (Å²) >= 11 is 0. The van der Waals surface area contributed by atoms with Crippen LogP contribution >= 0.6 is 0 Å². The number of nitrogens with one attached hydrogen (secondary N) is 2. The molecule has 0 spiro atoms. The van der Waals surface area contributed by atoms with Gasteiger partial charge in [-0.25, -0.2) is 0 Å². The fraction of sp³-hybridized carbons (Fsp3) is 0.864. The van der Waals surface area contributed by atoms with Gasteiger partial charge in [-0.05, 0) is 144 Å². The largest absolute Gasteiger partial charge is 0.481 e. The molecular formula is C44H72N2O6. The third kappa shape index (κ3) is 6.88. The molecule has 0 radical (unpaired) electrons. The van der Waals surface area contributed by atoms with E-state index in [4.69, 9.17) is 4.74 Å². The average Bonchev–Trinajstić information content (AvgIpc) is 3.45. The van der Waals surface area contributed by atoms with Gasteiger partial charge < -0.3 is 20.5 Å². The Hall–Kier alpha value is -2.38. The van der Waals surface area contributed by atoms with Gasteiger partial charge in [-0.15, -0.1) is 0 Å². The fourth-order valence-electron chi connectivity index (χ4n) is 13.6. The average molecular weight is 725 g/mol. The molecule has 2 amide bonds. The number of carbonyl (C=O) groups excluding carboxylic acids is 3. The van der Waals surface area contributed by atoms with E-state index in [0.29, 0.717) is 29.6 Å². The number of carboxylic acid groups (broad SMARTS) is 1. The van der Waals surface area contributed by atoms with Gasteiger partial charge >= 0.3 is 11.9 Å². The molecule has 0 saturated heterocycles. The highest BCUT2D eigenvalue weighted by Crippen LogP contribution is 2.77. The molecule has 5 saturated carbocycles. The summed E-state index contributed by atoms with van der Waals surface area (Å²) in [7, 11) is 0. The van der Waals surface area contributed by atoms with E-state index in [9.17, 15) is 24.3 Å². The summed E-state index contributed by atoms with van der Waals surface area (Å²) in [5.41, 5.74) is -0.0475. The molecule has 8 heteroatoms. The third-order valence-corrected chi connectivity index (χ3v) is 16.7. The summed E-state index contributed by atoms with van der Waals surface area (Å²) < 4.78 is 6.17. The van der Waals surface area contributed by atoms with E-state index in [0.717, 1.165) is 96.6 Å². The molecule has 0 aromatic carbocycles. The van der Waals surface area contributed by atoms with Crippen LogP contribution in [0.15, 0.2) is 12.2 Å². The summed E-state index contributed by atoms with van der Waals surface area (Å²) in [5, 5.41) is 15.9. The number of aliphatic carboxylic acids is 1. The highest BCUT2D eigenvalue weighted by atomic mass is 16.5. The SMILES string of the molecule is C=C(C)[C@@H]1CC[C@]2(C(=O)NCCCCCCNC(C)=O)CC[C@]3(C)[C@H](CC[C@@H]4[C@@]5(C)CC[C@H](OC(=O)CC(C)(C)C(=O)O)C(C)(C)[C@@H]5CC[C@]43C)[C@@H]12. The Labute approximate surface area is 314 Å². The molecule has 52 heavy (non-hydrogen) atoms. The van der Waals surface area contributed by atoms with Crippen LogP contribution in [0.25, 0.3) is 0 Å². The predicted octanol–water partition coefficient (Wildman–Crippen LogP) is 8.87. The standard InChI is InChI=1S/C44H72N2O6/c1-28(2)30-17-22-44(37(49)46-26-14-12-11-13-25-45-29(3)47)24-23-42(9)31(36(30)44)15-16-33-41(8)20-19-34(52-35(48)27-39(4,5)38(50)51)40(6,7)32(41)18-21-43(33,42)10/h30-34,36H,1,11-27H2,2-10H3,(H,45,47)(H,46,49)(H,50,51)/t30-,31+,32-,33+,34-,36+,41-,42+,43+,44-/m0/s1. The van der Waals surface area contributed by atoms with Gasteiger partial charge in [0.25, 0.3) is 0 Å². The zero-order chi connectivity index (χ0) is 38.5. The van der Waals surface area contributed by atoms with Crippen molar-refractivity contribution < 1.29 is 29.0 Å². The quantitative estimate of drug-likeness (QED) is 0.0992. The number of hydrogen-bond acceptors (Lipinski definition) is 5. The summed E-state index contributed by atoms with van der Waals surface area (Å²) in [6.45, 7) is 25.2. The van der Waals surface area contributed by atoms with Crippen LogP contribution in [0.3, 0.4) is 0 Å². The van der Waals surface area contributed by atoms with E-state index < -0.39 is 17.4 Å². The molecule has 3 N–H and O–H groups in total. The Morgan fingerprint density at radius 1 is 0.769 bits per heavy atom. The maximum absolute atomic E-state index is 14.4. The number of ether oxygens (including phenoxy) is 1. The first-order valence-corrected chi connectivity index (χ1v) is 20.8. The van der Waals surface area contributed by atoms with Crippen molar-refractivity contribution in [1.82, 2.24) is 10.6 Å². The zero-order valence-electron chi connectivity index (χ0n) is 34.2. The van der Waals surface area contributed by atoms with E-state index in [1.54, 1.807) is 20.8 Å². The van der Waals surface area contributed by atoms with Crippen LogP contribution in [-0.4, -0.2) is 48.1 Å². The minimum atomic E-state index is -1.15. The van der Waals surface area contributed by atoms with Crippen LogP contribution in [0.1, 0.15) is 159 Å². The Kier molecular flexibility index (Phi) is 11.5. The van der Waals surface area contributed by atoms with Gasteiger partial charge in [0.1, 0.15) is 6.10 Å². The minimum Gasteiger partial charge on any atom is -0.481 e. The van der Waals surface area contributed by atoms with Crippen molar-refractivity contribution >= 4 is 23.8 Å². The molecule has 0 heterocycles. The lowest BCUT2D eigenvalue weighted by molar-refractivity contribution is -0.249. The van der Waals surface area contributed by atoms with Crippen molar-refractivity contribution in [2.75, 3.05) is 13.1 Å². The molecule has 5 rings (SSSR count). The van der Waals surface area contributed by atoms with Crippen LogP contribution < -0.4 is 10.6 Å². The normalized spacial score (nSPS) is 39.2. The second kappa shape index (κ2) is 14.7. The number of unbranched alkanes of at least 4 members (excludes halogenated alkanes) is 3. The Morgan fingerprint density at radius 2 is 1.42 bits per heavy atom. The number of carboxylic acids is 1. The number of hydrogen-bond donors (Lipinski definition) is 3. The van der Waals surface area contributed by atoms with Crippen LogP contribution in [0.5, 0.6) is 0 Å². The lowest BCUT2D eigenvalue weighted by atomic mass is 9.32. The van der Waals surface area contributed by atoms with Crippen molar-refractivity contribution in [3.05, 3.63) is 12.2 Å². The molecule has 5 aliphatic carbocycles. The van der Waals surface area contributed by atoms with Crippen LogP contribution in [-0.2, 0) is 23.9 Å². The predicted molar refractivity (Wildman–Crippen MR) is 205 cm³/mol. The third-order valence-electron chi connectivity index (χ3n) is 16.7. The van der Waals surface area contributed by atoms with Gasteiger partial charge in [-0.3, -0.25) is 19.2 Å². The minimum absolute atomic E-state index is 0.0196. The second-order valence-corrected chi connectivity index (χ2v) is 20.2. The number of amides is 2. The van der Waals surface area contributed by atoms with Gasteiger partial charge in [-0.1, -0.05) is 59.6 Å². The molecule has 0 unspecified atom stereocenters. The highest BCUT2D eigenvalue weighted by molar-refractivity contribution is 5.84. The lowest BCUT2D eigenvalue weighted by Crippen LogP contribution is -2.67. The van der Waals surface area contributed by atoms with E-state index >= 15 is 0 Å². The molecule has 5 aliphatic rings. The molecule has 294 valence electrons. The van der Waals surface area contributed by atoms with E-state index in [-0.39, 0.29) is 51.4 Å². The summed E-state index contributed by atoms with van der Waals surface area (Å²) in [6.07, 6.45) is 14.2. The first-order chi connectivity index (χ1) is 24.2. The van der Waals surface area contributed by atoms with E-state index in [1.807, 2.05) is 0 Å². The van der Waals surface area contributed by atoms with E-state index in [2.05, 4.69) is 58.8 Å².